The summed E-state index contributed by atoms with van der Waals surface area (Å²) in [5.74, 6) is 0.0418. The topological polar surface area (TPSA) is 87.5 Å². The van der Waals surface area contributed by atoms with Crippen LogP contribution in [0.4, 0.5) is 10.2 Å². The lowest BCUT2D eigenvalue weighted by Crippen LogP contribution is -2.40. The largest absolute Gasteiger partial charge is 0.437 e. The second-order valence-electron chi connectivity index (χ2n) is 9.90. The standard InChI is InChI=1S/C29H31FN4O3/c1-7-34(6)25-21(18-9-8-10-19(15-18)26(35)33-29(2,3)4)16-22-23(27(36)31-5)24(37-28(22)32-25)17-11-13-20(30)14-12-17/h8-16H,7H2,1-6H3,(H,31,36)(H,33,35). The first-order valence-corrected chi connectivity index (χ1v) is 12.1. The van der Waals surface area contributed by atoms with E-state index in [0.717, 1.165) is 11.1 Å². The van der Waals surface area contributed by atoms with Crippen LogP contribution in [-0.2, 0) is 0 Å². The number of hydrogen-bond donors (Lipinski definition) is 2. The van der Waals surface area contributed by atoms with Crippen LogP contribution in [-0.4, -0.2) is 43.0 Å². The second kappa shape index (κ2) is 10.0. The van der Waals surface area contributed by atoms with Crippen molar-refractivity contribution < 1.29 is 18.4 Å². The van der Waals surface area contributed by atoms with Crippen molar-refractivity contribution in [3.8, 4) is 22.5 Å². The van der Waals surface area contributed by atoms with Gasteiger partial charge in [-0.25, -0.2) is 4.39 Å². The number of furan rings is 1. The lowest BCUT2D eigenvalue weighted by Gasteiger charge is -2.21. The Kier molecular flexibility index (Phi) is 7.03. The molecule has 4 aromatic rings. The van der Waals surface area contributed by atoms with Crippen molar-refractivity contribution in [3.63, 3.8) is 0 Å². The molecule has 2 N–H and O–H groups in total. The molecule has 0 aliphatic carbocycles. The highest BCUT2D eigenvalue weighted by Crippen LogP contribution is 2.39. The summed E-state index contributed by atoms with van der Waals surface area (Å²) in [5, 5.41) is 6.18. The Labute approximate surface area is 215 Å². The zero-order valence-electron chi connectivity index (χ0n) is 21.9. The number of benzene rings is 2. The molecule has 0 saturated heterocycles. The molecular weight excluding hydrogens is 471 g/mol. The first kappa shape index (κ1) is 25.9. The number of carbonyl (C=O) groups excluding carboxylic acids is 2. The molecule has 8 heteroatoms. The minimum Gasteiger partial charge on any atom is -0.437 e. The summed E-state index contributed by atoms with van der Waals surface area (Å²) < 4.78 is 19.7. The molecule has 2 amide bonds. The van der Waals surface area contributed by atoms with Crippen LogP contribution in [0.2, 0.25) is 0 Å². The maximum Gasteiger partial charge on any atom is 0.255 e. The lowest BCUT2D eigenvalue weighted by atomic mass is 9.99. The van der Waals surface area contributed by atoms with Gasteiger partial charge in [0.1, 0.15) is 17.4 Å². The van der Waals surface area contributed by atoms with Gasteiger partial charge in [0.25, 0.3) is 11.8 Å². The molecule has 2 heterocycles. The van der Waals surface area contributed by atoms with Gasteiger partial charge in [-0.05, 0) is 75.7 Å². The Bertz CT molecular complexity index is 1470. The van der Waals surface area contributed by atoms with Crippen molar-refractivity contribution in [3.05, 3.63) is 71.5 Å². The first-order valence-electron chi connectivity index (χ1n) is 12.1. The minimum atomic E-state index is -0.385. The van der Waals surface area contributed by atoms with Crippen LogP contribution in [0.3, 0.4) is 0 Å². The van der Waals surface area contributed by atoms with Crippen LogP contribution in [0, 0.1) is 5.82 Å². The number of amides is 2. The van der Waals surface area contributed by atoms with E-state index in [4.69, 9.17) is 9.40 Å². The monoisotopic (exact) mass is 502 g/mol. The molecule has 0 saturated carbocycles. The summed E-state index contributed by atoms with van der Waals surface area (Å²) >= 11 is 0. The van der Waals surface area contributed by atoms with E-state index in [1.165, 1.54) is 12.1 Å². The predicted octanol–water partition coefficient (Wildman–Crippen LogP) is 5.64. The Morgan fingerprint density at radius 2 is 1.73 bits per heavy atom. The molecule has 4 rings (SSSR count). The van der Waals surface area contributed by atoms with E-state index in [1.807, 2.05) is 63.9 Å². The van der Waals surface area contributed by atoms with Gasteiger partial charge in [-0.1, -0.05) is 12.1 Å². The fraction of sp³-hybridized carbons (Fsp3) is 0.276. The minimum absolute atomic E-state index is 0.179. The normalized spacial score (nSPS) is 11.4. The average Bonchev–Trinajstić information content (AvgIpc) is 3.25. The van der Waals surface area contributed by atoms with Crippen molar-refractivity contribution >= 4 is 28.7 Å². The van der Waals surface area contributed by atoms with E-state index < -0.39 is 0 Å². The van der Waals surface area contributed by atoms with E-state index in [2.05, 4.69) is 10.6 Å². The summed E-state index contributed by atoms with van der Waals surface area (Å²) in [6, 6.07) is 15.0. The Morgan fingerprint density at radius 3 is 2.35 bits per heavy atom. The van der Waals surface area contributed by atoms with Gasteiger partial charge in [-0.3, -0.25) is 9.59 Å². The molecule has 2 aromatic heterocycles. The van der Waals surface area contributed by atoms with Crippen LogP contribution in [0.5, 0.6) is 0 Å². The van der Waals surface area contributed by atoms with Gasteiger partial charge in [0.2, 0.25) is 5.71 Å². The summed E-state index contributed by atoms with van der Waals surface area (Å²) in [6.07, 6.45) is 0. The molecule has 0 bridgehead atoms. The Balaban J connectivity index is 1.95. The molecular formula is C29H31FN4O3. The van der Waals surface area contributed by atoms with Crippen LogP contribution >= 0.6 is 0 Å². The third-order valence-corrected chi connectivity index (χ3v) is 5.98. The van der Waals surface area contributed by atoms with E-state index in [-0.39, 0.29) is 23.2 Å². The molecule has 0 unspecified atom stereocenters. The highest BCUT2D eigenvalue weighted by atomic mass is 19.1. The molecule has 37 heavy (non-hydrogen) atoms. The molecule has 0 aliphatic heterocycles. The molecule has 0 radical (unpaired) electrons. The molecule has 0 spiro atoms. The SMILES string of the molecule is CCN(C)c1nc2oc(-c3ccc(F)cc3)c(C(=O)NC)c2cc1-c1cccc(C(=O)NC(C)(C)C)c1. The number of nitrogens with zero attached hydrogens (tertiary/aromatic N) is 2. The number of rotatable bonds is 6. The molecule has 7 nitrogen and oxygen atoms in total. The van der Waals surface area contributed by atoms with Gasteiger partial charge in [-0.2, -0.15) is 4.98 Å². The Hall–Kier alpha value is -4.20. The maximum absolute atomic E-state index is 13.6. The third kappa shape index (κ3) is 5.33. The highest BCUT2D eigenvalue weighted by Gasteiger charge is 2.25. The van der Waals surface area contributed by atoms with Gasteiger partial charge >= 0.3 is 0 Å². The third-order valence-electron chi connectivity index (χ3n) is 5.98. The van der Waals surface area contributed by atoms with Gasteiger partial charge in [0.15, 0.2) is 0 Å². The lowest BCUT2D eigenvalue weighted by molar-refractivity contribution is 0.0918. The van der Waals surface area contributed by atoms with Gasteiger partial charge in [-0.15, -0.1) is 0 Å². The average molecular weight is 503 g/mol. The van der Waals surface area contributed by atoms with Crippen molar-refractivity contribution in [1.29, 1.82) is 0 Å². The number of hydrogen-bond acceptors (Lipinski definition) is 5. The zero-order chi connectivity index (χ0) is 26.9. The first-order chi connectivity index (χ1) is 17.5. The van der Waals surface area contributed by atoms with E-state index >= 15 is 0 Å². The van der Waals surface area contributed by atoms with Crippen molar-refractivity contribution in [1.82, 2.24) is 15.6 Å². The molecule has 0 atom stereocenters. The predicted molar refractivity (Wildman–Crippen MR) is 144 cm³/mol. The van der Waals surface area contributed by atoms with Crippen molar-refractivity contribution in [2.45, 2.75) is 33.2 Å². The second-order valence-corrected chi connectivity index (χ2v) is 9.90. The molecule has 192 valence electrons. The number of nitrogens with one attached hydrogen (secondary N) is 2. The number of halogens is 1. The summed E-state index contributed by atoms with van der Waals surface area (Å²) in [4.78, 5) is 32.6. The molecule has 0 aliphatic rings. The van der Waals surface area contributed by atoms with E-state index in [9.17, 15) is 14.0 Å². The van der Waals surface area contributed by atoms with E-state index in [1.54, 1.807) is 25.2 Å². The number of carbonyl (C=O) groups is 2. The van der Waals surface area contributed by atoms with Crippen LogP contribution in [0.15, 0.2) is 59.0 Å². The van der Waals surface area contributed by atoms with Crippen LogP contribution in [0.25, 0.3) is 33.6 Å². The van der Waals surface area contributed by atoms with Crippen molar-refractivity contribution in [2.24, 2.45) is 0 Å². The highest BCUT2D eigenvalue weighted by molar-refractivity contribution is 6.11. The molecule has 0 fully saturated rings. The fourth-order valence-corrected chi connectivity index (χ4v) is 4.06. The molecule has 2 aromatic carbocycles. The summed E-state index contributed by atoms with van der Waals surface area (Å²) in [5.41, 5.74) is 2.83. The maximum atomic E-state index is 13.6. The fourth-order valence-electron chi connectivity index (χ4n) is 4.06. The van der Waals surface area contributed by atoms with Crippen LogP contribution in [0.1, 0.15) is 48.4 Å². The van der Waals surface area contributed by atoms with Gasteiger partial charge in [0.05, 0.1) is 10.9 Å². The smallest absolute Gasteiger partial charge is 0.255 e. The van der Waals surface area contributed by atoms with Gasteiger partial charge in [0, 0.05) is 42.9 Å². The summed E-state index contributed by atoms with van der Waals surface area (Å²) in [7, 11) is 3.46. The Morgan fingerprint density at radius 1 is 1.03 bits per heavy atom. The van der Waals surface area contributed by atoms with Crippen molar-refractivity contribution in [2.75, 3.05) is 25.5 Å². The number of pyridine rings is 1. The zero-order valence-corrected chi connectivity index (χ0v) is 21.9. The van der Waals surface area contributed by atoms with Gasteiger partial charge < -0.3 is 20.0 Å². The van der Waals surface area contributed by atoms with Crippen LogP contribution < -0.4 is 15.5 Å². The quantitative estimate of drug-likeness (QED) is 0.356. The number of aromatic nitrogens is 1. The number of fused-ring (bicyclic) bond motifs is 1. The number of anilines is 1. The summed E-state index contributed by atoms with van der Waals surface area (Å²) in [6.45, 7) is 8.46. The van der Waals surface area contributed by atoms with E-state index in [0.29, 0.717) is 45.9 Å².